The van der Waals surface area contributed by atoms with Crippen molar-refractivity contribution in [3.05, 3.63) is 23.8 Å². The van der Waals surface area contributed by atoms with Crippen molar-refractivity contribution in [1.29, 1.82) is 0 Å². The maximum Gasteiger partial charge on any atom is 0.168 e. The Bertz CT molecular complexity index is 564. The van der Waals surface area contributed by atoms with Gasteiger partial charge in [-0.15, -0.1) is 0 Å². The molecule has 1 saturated heterocycles. The van der Waals surface area contributed by atoms with Gasteiger partial charge in [0.15, 0.2) is 17.1 Å². The molecule has 0 amide bonds. The zero-order valence-corrected chi connectivity index (χ0v) is 14.0. The summed E-state index contributed by atoms with van der Waals surface area (Å²) in [6.45, 7) is 6.81. The Morgan fingerprint density at radius 2 is 2.13 bits per heavy atom. The summed E-state index contributed by atoms with van der Waals surface area (Å²) in [6.07, 6.45) is 3.82. The molecule has 2 aliphatic heterocycles. The van der Waals surface area contributed by atoms with Crippen molar-refractivity contribution in [2.45, 2.75) is 45.1 Å². The number of nitrogens with zero attached hydrogens (tertiary/aromatic N) is 1. The molecule has 1 atom stereocenters. The van der Waals surface area contributed by atoms with E-state index in [1.165, 1.54) is 0 Å². The highest BCUT2D eigenvalue weighted by atomic mass is 16.7. The van der Waals surface area contributed by atoms with Gasteiger partial charge >= 0.3 is 0 Å². The summed E-state index contributed by atoms with van der Waals surface area (Å²) in [6, 6.07) is 5.99. The fourth-order valence-electron chi connectivity index (χ4n) is 2.88. The average Bonchev–Trinajstić information content (AvgIpc) is 3.20. The number of benzene rings is 1. The molecule has 2 aliphatic rings. The van der Waals surface area contributed by atoms with Crippen molar-refractivity contribution in [3.8, 4) is 11.5 Å². The molecule has 23 heavy (non-hydrogen) atoms. The van der Waals surface area contributed by atoms with Gasteiger partial charge in [0.2, 0.25) is 0 Å². The predicted octanol–water partition coefficient (Wildman–Crippen LogP) is 3.55. The van der Waals surface area contributed by atoms with E-state index in [0.717, 1.165) is 55.1 Å². The Kier molecular flexibility index (Phi) is 5.06. The average molecular weight is 319 g/mol. The Hall–Kier alpha value is -1.75. The topological polar surface area (TPSA) is 49.3 Å². The van der Waals surface area contributed by atoms with E-state index >= 15 is 0 Å². The summed E-state index contributed by atoms with van der Waals surface area (Å²) in [4.78, 5) is 5.68. The second kappa shape index (κ2) is 7.21. The van der Waals surface area contributed by atoms with Crippen LogP contribution in [0.2, 0.25) is 0 Å². The Morgan fingerprint density at radius 3 is 2.87 bits per heavy atom. The van der Waals surface area contributed by atoms with Crippen LogP contribution in [-0.2, 0) is 9.57 Å². The van der Waals surface area contributed by atoms with Crippen LogP contribution in [-0.4, -0.2) is 37.7 Å². The van der Waals surface area contributed by atoms with Gasteiger partial charge in [0, 0.05) is 18.4 Å². The minimum atomic E-state index is -0.253. The largest absolute Gasteiger partial charge is 0.490 e. The van der Waals surface area contributed by atoms with Gasteiger partial charge in [-0.05, 0) is 31.5 Å². The van der Waals surface area contributed by atoms with E-state index in [9.17, 15) is 0 Å². The molecule has 5 heteroatoms. The molecule has 3 rings (SSSR count). The summed E-state index contributed by atoms with van der Waals surface area (Å²) >= 11 is 0. The monoisotopic (exact) mass is 319 g/mol. The van der Waals surface area contributed by atoms with Crippen LogP contribution in [0.5, 0.6) is 11.5 Å². The third-order valence-corrected chi connectivity index (χ3v) is 4.24. The first-order valence-corrected chi connectivity index (χ1v) is 8.49. The lowest BCUT2D eigenvalue weighted by atomic mass is 9.93. The minimum absolute atomic E-state index is 0.253. The number of ether oxygens (including phenoxy) is 3. The van der Waals surface area contributed by atoms with E-state index in [2.05, 4.69) is 12.1 Å². The predicted molar refractivity (Wildman–Crippen MR) is 88.4 cm³/mol. The molecule has 0 aromatic heterocycles. The van der Waals surface area contributed by atoms with Crippen molar-refractivity contribution < 1.29 is 19.0 Å². The first kappa shape index (κ1) is 16.1. The van der Waals surface area contributed by atoms with E-state index in [0.29, 0.717) is 19.8 Å². The zero-order valence-electron chi connectivity index (χ0n) is 14.0. The van der Waals surface area contributed by atoms with Gasteiger partial charge in [-0.2, -0.15) is 0 Å². The van der Waals surface area contributed by atoms with Gasteiger partial charge in [0.05, 0.1) is 32.1 Å². The third-order valence-electron chi connectivity index (χ3n) is 4.24. The van der Waals surface area contributed by atoms with Crippen molar-refractivity contribution in [2.24, 2.45) is 5.16 Å². The molecule has 1 unspecified atom stereocenters. The van der Waals surface area contributed by atoms with Crippen LogP contribution in [0.15, 0.2) is 23.4 Å². The molecule has 1 fully saturated rings. The fraction of sp³-hybridized carbons (Fsp3) is 0.611. The summed E-state index contributed by atoms with van der Waals surface area (Å²) < 4.78 is 17.0. The molecule has 5 nitrogen and oxygen atoms in total. The quantitative estimate of drug-likeness (QED) is 0.721. The highest BCUT2D eigenvalue weighted by Gasteiger charge is 2.43. The molecule has 0 aliphatic carbocycles. The second-order valence-electron chi connectivity index (χ2n) is 6.09. The van der Waals surface area contributed by atoms with E-state index in [1.807, 2.05) is 25.1 Å². The van der Waals surface area contributed by atoms with Crippen LogP contribution in [0, 0.1) is 0 Å². The lowest BCUT2D eigenvalue weighted by molar-refractivity contribution is -0.0237. The van der Waals surface area contributed by atoms with Gasteiger partial charge < -0.3 is 19.0 Å². The molecule has 0 N–H and O–H groups in total. The lowest BCUT2D eigenvalue weighted by Gasteiger charge is -2.17. The van der Waals surface area contributed by atoms with Gasteiger partial charge in [-0.3, -0.25) is 0 Å². The molecule has 1 spiro atoms. The molecule has 126 valence electrons. The van der Waals surface area contributed by atoms with Crippen molar-refractivity contribution in [1.82, 2.24) is 0 Å². The van der Waals surface area contributed by atoms with Crippen LogP contribution in [0.1, 0.15) is 45.1 Å². The van der Waals surface area contributed by atoms with Gasteiger partial charge in [0.25, 0.3) is 0 Å². The van der Waals surface area contributed by atoms with Crippen molar-refractivity contribution >= 4 is 5.71 Å². The molecular weight excluding hydrogens is 294 g/mol. The maximum absolute atomic E-state index is 5.90. The van der Waals surface area contributed by atoms with E-state index in [-0.39, 0.29) is 5.60 Å². The standard InChI is InChI=1S/C18H25NO4/c1-3-5-9-22-17-11-14(6-7-16(17)21-4-2)15-12-18(23-19-15)8-10-20-13-18/h6-7,11H,3-5,8-10,12-13H2,1-2H3. The highest BCUT2D eigenvalue weighted by molar-refractivity contribution is 6.02. The SMILES string of the molecule is CCCCOc1cc(C2=NOC3(CCOC3)C2)ccc1OCC. The Morgan fingerprint density at radius 1 is 1.22 bits per heavy atom. The number of hydrogen-bond donors (Lipinski definition) is 0. The summed E-state index contributed by atoms with van der Waals surface area (Å²) in [5, 5.41) is 4.29. The van der Waals surface area contributed by atoms with Gasteiger partial charge in [-0.1, -0.05) is 18.5 Å². The van der Waals surface area contributed by atoms with Crippen LogP contribution in [0.25, 0.3) is 0 Å². The first-order valence-electron chi connectivity index (χ1n) is 8.49. The normalized spacial score (nSPS) is 23.0. The summed E-state index contributed by atoms with van der Waals surface area (Å²) in [5.41, 5.74) is 1.74. The smallest absolute Gasteiger partial charge is 0.168 e. The number of unbranched alkanes of at least 4 members (excludes halogenated alkanes) is 1. The van der Waals surface area contributed by atoms with E-state index in [4.69, 9.17) is 19.0 Å². The van der Waals surface area contributed by atoms with Crippen molar-refractivity contribution in [3.63, 3.8) is 0 Å². The van der Waals surface area contributed by atoms with Crippen LogP contribution < -0.4 is 9.47 Å². The van der Waals surface area contributed by atoms with Gasteiger partial charge in [0.1, 0.15) is 0 Å². The molecule has 1 aromatic carbocycles. The van der Waals surface area contributed by atoms with Gasteiger partial charge in [-0.25, -0.2) is 0 Å². The first-order chi connectivity index (χ1) is 11.3. The van der Waals surface area contributed by atoms with Crippen LogP contribution in [0.3, 0.4) is 0 Å². The summed E-state index contributed by atoms with van der Waals surface area (Å²) in [7, 11) is 0. The molecule has 2 heterocycles. The molecule has 0 radical (unpaired) electrons. The number of oxime groups is 1. The van der Waals surface area contributed by atoms with Crippen LogP contribution >= 0.6 is 0 Å². The van der Waals surface area contributed by atoms with Crippen molar-refractivity contribution in [2.75, 3.05) is 26.4 Å². The lowest BCUT2D eigenvalue weighted by Crippen LogP contribution is -2.29. The maximum atomic E-state index is 5.90. The fourth-order valence-corrected chi connectivity index (χ4v) is 2.88. The molecule has 1 aromatic rings. The Labute approximate surface area is 137 Å². The molecule has 0 bridgehead atoms. The second-order valence-corrected chi connectivity index (χ2v) is 6.09. The Balaban J connectivity index is 1.75. The zero-order chi connectivity index (χ0) is 16.1. The molecular formula is C18H25NO4. The van der Waals surface area contributed by atoms with E-state index < -0.39 is 0 Å². The number of hydrogen-bond acceptors (Lipinski definition) is 5. The van der Waals surface area contributed by atoms with Crippen LogP contribution in [0.4, 0.5) is 0 Å². The van der Waals surface area contributed by atoms with E-state index in [1.54, 1.807) is 0 Å². The minimum Gasteiger partial charge on any atom is -0.490 e. The third kappa shape index (κ3) is 3.61. The number of rotatable bonds is 7. The summed E-state index contributed by atoms with van der Waals surface area (Å²) in [5.74, 6) is 1.56. The molecule has 0 saturated carbocycles. The highest BCUT2D eigenvalue weighted by Crippen LogP contribution is 2.36.